The number of nitrogens with zero attached hydrogens (tertiary/aromatic N) is 1. The maximum absolute atomic E-state index is 11.8. The second-order valence-electron chi connectivity index (χ2n) is 4.16. The van der Waals surface area contributed by atoms with E-state index >= 15 is 0 Å². The van der Waals surface area contributed by atoms with E-state index in [0.29, 0.717) is 11.1 Å². The van der Waals surface area contributed by atoms with Crippen LogP contribution in [-0.2, 0) is 4.79 Å². The zero-order chi connectivity index (χ0) is 13.0. The number of carbonyl (C=O) groups excluding carboxylic acids is 2. The highest BCUT2D eigenvalue weighted by Gasteiger charge is 2.23. The molecule has 1 aromatic carbocycles. The van der Waals surface area contributed by atoms with Gasteiger partial charge in [-0.15, -0.1) is 0 Å². The third kappa shape index (κ3) is 2.73. The lowest BCUT2D eigenvalue weighted by Crippen LogP contribution is -2.43. The molecule has 2 N–H and O–H groups in total. The van der Waals surface area contributed by atoms with Gasteiger partial charge in [-0.1, -0.05) is 0 Å². The molecule has 2 rings (SSSR count). The van der Waals surface area contributed by atoms with Crippen LogP contribution in [-0.4, -0.2) is 24.4 Å². The standard InChI is InChI=1S/C13H13N3O2/c14-8-9-3-5-10(6-4-9)12(17)16-13(18)11-2-1-7-15-11/h3-6,11,15H,1-2,7H2,(H,16,17,18)/t11-/m0/s1. The number of hydrogen-bond donors (Lipinski definition) is 2. The molecule has 1 aliphatic heterocycles. The Morgan fingerprint density at radius 2 is 2.06 bits per heavy atom. The minimum absolute atomic E-state index is 0.271. The molecule has 5 nitrogen and oxygen atoms in total. The zero-order valence-corrected chi connectivity index (χ0v) is 9.77. The molecule has 92 valence electrons. The highest BCUT2D eigenvalue weighted by Crippen LogP contribution is 2.06. The van der Waals surface area contributed by atoms with E-state index in [-0.39, 0.29) is 11.9 Å². The average Bonchev–Trinajstić information content (AvgIpc) is 2.92. The molecule has 0 spiro atoms. The van der Waals surface area contributed by atoms with Crippen LogP contribution in [0.1, 0.15) is 28.8 Å². The van der Waals surface area contributed by atoms with Crippen molar-refractivity contribution in [2.45, 2.75) is 18.9 Å². The van der Waals surface area contributed by atoms with Crippen molar-refractivity contribution in [1.82, 2.24) is 10.6 Å². The molecule has 5 heteroatoms. The lowest BCUT2D eigenvalue weighted by atomic mass is 10.1. The molecule has 0 aliphatic carbocycles. The molecule has 2 amide bonds. The summed E-state index contributed by atoms with van der Waals surface area (Å²) in [5.41, 5.74) is 0.857. The fourth-order valence-corrected chi connectivity index (χ4v) is 1.88. The first-order valence-corrected chi connectivity index (χ1v) is 5.79. The Morgan fingerprint density at radius 1 is 1.33 bits per heavy atom. The molecule has 18 heavy (non-hydrogen) atoms. The van der Waals surface area contributed by atoms with Crippen LogP contribution in [0.5, 0.6) is 0 Å². The monoisotopic (exact) mass is 243 g/mol. The van der Waals surface area contributed by atoms with Crippen molar-refractivity contribution in [2.24, 2.45) is 0 Å². The molecule has 1 aromatic rings. The van der Waals surface area contributed by atoms with Crippen LogP contribution in [0, 0.1) is 11.3 Å². The Morgan fingerprint density at radius 3 is 2.61 bits per heavy atom. The van der Waals surface area contributed by atoms with Crippen molar-refractivity contribution < 1.29 is 9.59 Å². The van der Waals surface area contributed by atoms with E-state index in [1.165, 1.54) is 12.1 Å². The molecule has 0 bridgehead atoms. The first-order chi connectivity index (χ1) is 8.70. The Bertz CT molecular complexity index is 496. The van der Waals surface area contributed by atoms with E-state index in [9.17, 15) is 9.59 Å². The van der Waals surface area contributed by atoms with Gasteiger partial charge in [0.15, 0.2) is 0 Å². The molecule has 0 aromatic heterocycles. The largest absolute Gasteiger partial charge is 0.306 e. The van der Waals surface area contributed by atoms with Gasteiger partial charge >= 0.3 is 0 Å². The first kappa shape index (κ1) is 12.3. The van der Waals surface area contributed by atoms with E-state index in [0.717, 1.165) is 19.4 Å². The van der Waals surface area contributed by atoms with Gasteiger partial charge in [0.25, 0.3) is 5.91 Å². The molecule has 1 heterocycles. The van der Waals surface area contributed by atoms with Gasteiger partial charge in [0, 0.05) is 5.56 Å². The van der Waals surface area contributed by atoms with E-state index in [2.05, 4.69) is 10.6 Å². The number of carbonyl (C=O) groups is 2. The van der Waals surface area contributed by atoms with Crippen molar-refractivity contribution in [2.75, 3.05) is 6.54 Å². The van der Waals surface area contributed by atoms with Crippen LogP contribution in [0.25, 0.3) is 0 Å². The van der Waals surface area contributed by atoms with Gasteiger partial charge in [-0.2, -0.15) is 5.26 Å². The minimum Gasteiger partial charge on any atom is -0.306 e. The van der Waals surface area contributed by atoms with Crippen molar-refractivity contribution >= 4 is 11.8 Å². The molecule has 1 atom stereocenters. The molecule has 1 saturated heterocycles. The highest BCUT2D eigenvalue weighted by atomic mass is 16.2. The number of imide groups is 1. The second-order valence-corrected chi connectivity index (χ2v) is 4.16. The van der Waals surface area contributed by atoms with E-state index in [1.54, 1.807) is 12.1 Å². The SMILES string of the molecule is N#Cc1ccc(C(=O)NC(=O)[C@@H]2CCCN2)cc1. The summed E-state index contributed by atoms with van der Waals surface area (Å²) in [5.74, 6) is -0.722. The van der Waals surface area contributed by atoms with Crippen LogP contribution in [0.2, 0.25) is 0 Å². The molecular weight excluding hydrogens is 230 g/mol. The quantitative estimate of drug-likeness (QED) is 0.744. The Hall–Kier alpha value is -2.19. The maximum atomic E-state index is 11.8. The van der Waals surface area contributed by atoms with Crippen LogP contribution >= 0.6 is 0 Å². The number of nitrogens with one attached hydrogen (secondary N) is 2. The first-order valence-electron chi connectivity index (χ1n) is 5.79. The Balaban J connectivity index is 1.98. The summed E-state index contributed by atoms with van der Waals surface area (Å²) in [6, 6.07) is 7.86. The summed E-state index contributed by atoms with van der Waals surface area (Å²) in [7, 11) is 0. The third-order valence-electron chi connectivity index (χ3n) is 2.89. The maximum Gasteiger partial charge on any atom is 0.257 e. The molecule has 0 radical (unpaired) electrons. The summed E-state index contributed by atoms with van der Waals surface area (Å²) >= 11 is 0. The van der Waals surface area contributed by atoms with Crippen molar-refractivity contribution in [3.63, 3.8) is 0 Å². The van der Waals surface area contributed by atoms with Crippen LogP contribution in [0.4, 0.5) is 0 Å². The fourth-order valence-electron chi connectivity index (χ4n) is 1.88. The van der Waals surface area contributed by atoms with Gasteiger partial charge in [0.2, 0.25) is 5.91 Å². The van der Waals surface area contributed by atoms with Gasteiger partial charge in [0.1, 0.15) is 0 Å². The third-order valence-corrected chi connectivity index (χ3v) is 2.89. The molecule has 0 saturated carbocycles. The van der Waals surface area contributed by atoms with Crippen molar-refractivity contribution in [1.29, 1.82) is 5.26 Å². The summed E-state index contributed by atoms with van der Waals surface area (Å²) < 4.78 is 0. The molecular formula is C13H13N3O2. The van der Waals surface area contributed by atoms with Gasteiger partial charge in [-0.05, 0) is 43.7 Å². The number of hydrogen-bond acceptors (Lipinski definition) is 4. The predicted octanol–water partition coefficient (Wildman–Crippen LogP) is 0.567. The van der Waals surface area contributed by atoms with E-state index in [1.807, 2.05) is 6.07 Å². The second kappa shape index (κ2) is 5.43. The lowest BCUT2D eigenvalue weighted by Gasteiger charge is -2.09. The Labute approximate surface area is 105 Å². The Kier molecular flexibility index (Phi) is 3.70. The summed E-state index contributed by atoms with van der Waals surface area (Å²) in [6.45, 7) is 0.809. The topological polar surface area (TPSA) is 82.0 Å². The van der Waals surface area contributed by atoms with Gasteiger partial charge in [-0.3, -0.25) is 14.9 Å². The fraction of sp³-hybridized carbons (Fsp3) is 0.308. The molecule has 1 aliphatic rings. The minimum atomic E-state index is -0.432. The van der Waals surface area contributed by atoms with Gasteiger partial charge in [0.05, 0.1) is 17.7 Å². The van der Waals surface area contributed by atoms with E-state index < -0.39 is 5.91 Å². The smallest absolute Gasteiger partial charge is 0.257 e. The predicted molar refractivity (Wildman–Crippen MR) is 64.7 cm³/mol. The number of nitriles is 1. The summed E-state index contributed by atoms with van der Waals surface area (Å²) in [4.78, 5) is 23.5. The van der Waals surface area contributed by atoms with Gasteiger partial charge in [-0.25, -0.2) is 0 Å². The van der Waals surface area contributed by atoms with Crippen molar-refractivity contribution in [3.8, 4) is 6.07 Å². The summed E-state index contributed by atoms with van der Waals surface area (Å²) in [6.07, 6.45) is 1.70. The van der Waals surface area contributed by atoms with Crippen LogP contribution in [0.15, 0.2) is 24.3 Å². The van der Waals surface area contributed by atoms with Crippen LogP contribution < -0.4 is 10.6 Å². The lowest BCUT2D eigenvalue weighted by molar-refractivity contribution is -0.121. The number of amides is 2. The zero-order valence-electron chi connectivity index (χ0n) is 9.77. The van der Waals surface area contributed by atoms with Gasteiger partial charge < -0.3 is 5.32 Å². The molecule has 0 unspecified atom stereocenters. The van der Waals surface area contributed by atoms with Crippen LogP contribution in [0.3, 0.4) is 0 Å². The number of benzene rings is 1. The summed E-state index contributed by atoms with van der Waals surface area (Å²) in [5, 5.41) is 14.0. The van der Waals surface area contributed by atoms with E-state index in [4.69, 9.17) is 5.26 Å². The normalized spacial score (nSPS) is 18.1. The van der Waals surface area contributed by atoms with Crippen molar-refractivity contribution in [3.05, 3.63) is 35.4 Å². The number of rotatable bonds is 2. The average molecular weight is 243 g/mol. The highest BCUT2D eigenvalue weighted by molar-refractivity contribution is 6.06. The molecule has 1 fully saturated rings.